The number of ether oxygens (including phenoxy) is 1. The molecule has 0 atom stereocenters. The number of anilines is 1. The van der Waals surface area contributed by atoms with E-state index in [4.69, 9.17) is 32.4 Å². The first kappa shape index (κ1) is 19.4. The van der Waals surface area contributed by atoms with Crippen LogP contribution in [-0.2, 0) is 0 Å². The normalized spacial score (nSPS) is 15.8. The summed E-state index contributed by atoms with van der Waals surface area (Å²) in [6.07, 6.45) is 3.29. The number of aromatic nitrogens is 1. The smallest absolute Gasteiger partial charge is 0.295 e. The van der Waals surface area contributed by atoms with E-state index in [1.165, 1.54) is 0 Å². The third-order valence-corrected chi connectivity index (χ3v) is 5.69. The first-order valence-electron chi connectivity index (χ1n) is 9.61. The molecule has 1 aliphatic heterocycles. The summed E-state index contributed by atoms with van der Waals surface area (Å²) in [6, 6.07) is 13.8. The summed E-state index contributed by atoms with van der Waals surface area (Å²) in [5.74, 6) is 0.787. The van der Waals surface area contributed by atoms with Crippen molar-refractivity contribution < 1.29 is 9.15 Å². The molecule has 1 N–H and O–H groups in total. The number of hydrogen-bond donors (Lipinski definition) is 1. The summed E-state index contributed by atoms with van der Waals surface area (Å²) >= 11 is 12.0. The van der Waals surface area contributed by atoms with Gasteiger partial charge in [-0.15, -0.1) is 0 Å². The third kappa shape index (κ3) is 4.90. The summed E-state index contributed by atoms with van der Waals surface area (Å²) in [5.41, 5.74) is 1.70. The number of nitrogens with zero attached hydrogens (tertiary/aromatic N) is 2. The van der Waals surface area contributed by atoms with Gasteiger partial charge in [0.2, 0.25) is 0 Å². The fourth-order valence-corrected chi connectivity index (χ4v) is 3.73. The lowest BCUT2D eigenvalue weighted by molar-refractivity contribution is 0.100. The summed E-state index contributed by atoms with van der Waals surface area (Å²) in [6.45, 7) is 3.96. The second-order valence-corrected chi connectivity index (χ2v) is 7.82. The molecule has 1 aromatic heterocycles. The Hall–Kier alpha value is -1.95. The topological polar surface area (TPSA) is 50.5 Å². The maximum absolute atomic E-state index is 6.06. The van der Waals surface area contributed by atoms with Gasteiger partial charge < -0.3 is 19.4 Å². The second-order valence-electron chi connectivity index (χ2n) is 7.00. The molecule has 4 rings (SSSR count). The van der Waals surface area contributed by atoms with Crippen molar-refractivity contribution in [2.24, 2.45) is 0 Å². The van der Waals surface area contributed by atoms with Crippen molar-refractivity contribution in [3.8, 4) is 5.75 Å². The lowest BCUT2D eigenvalue weighted by Crippen LogP contribution is -2.39. The summed E-state index contributed by atoms with van der Waals surface area (Å²) < 4.78 is 11.7. The number of nitrogens with one attached hydrogen (secondary N) is 1. The minimum Gasteiger partial charge on any atom is -0.490 e. The van der Waals surface area contributed by atoms with Gasteiger partial charge in [0.1, 0.15) is 17.4 Å². The highest BCUT2D eigenvalue weighted by Crippen LogP contribution is 2.28. The molecule has 5 nitrogen and oxygen atoms in total. The van der Waals surface area contributed by atoms with Crippen molar-refractivity contribution >= 4 is 40.3 Å². The molecular weight excluding hydrogens is 397 g/mol. The van der Waals surface area contributed by atoms with Gasteiger partial charge in [0.25, 0.3) is 6.01 Å². The first-order valence-corrected chi connectivity index (χ1v) is 10.4. The number of oxazole rings is 1. The highest BCUT2D eigenvalue weighted by molar-refractivity contribution is 6.42. The van der Waals surface area contributed by atoms with Gasteiger partial charge in [-0.1, -0.05) is 35.3 Å². The van der Waals surface area contributed by atoms with Crippen LogP contribution in [0.1, 0.15) is 19.3 Å². The van der Waals surface area contributed by atoms with Gasteiger partial charge in [-0.2, -0.15) is 4.98 Å². The van der Waals surface area contributed by atoms with Crippen LogP contribution in [0.3, 0.4) is 0 Å². The number of rotatable bonds is 7. The number of para-hydroxylation sites is 2. The van der Waals surface area contributed by atoms with Crippen LogP contribution in [0.25, 0.3) is 11.1 Å². The Bertz CT molecular complexity index is 890. The lowest BCUT2D eigenvalue weighted by atomic mass is 10.1. The number of benzene rings is 2. The molecule has 0 radical (unpaired) electrons. The molecular formula is C21H23Cl2N3O2. The van der Waals surface area contributed by atoms with Crippen LogP contribution in [0, 0.1) is 0 Å². The zero-order valence-corrected chi connectivity index (χ0v) is 17.0. The van der Waals surface area contributed by atoms with Crippen molar-refractivity contribution in [1.82, 2.24) is 9.88 Å². The quantitative estimate of drug-likeness (QED) is 0.513. The molecule has 2 heterocycles. The van der Waals surface area contributed by atoms with Crippen molar-refractivity contribution in [1.29, 1.82) is 0 Å². The monoisotopic (exact) mass is 419 g/mol. The number of fused-ring (bicyclic) bond motifs is 1. The van der Waals surface area contributed by atoms with Crippen LogP contribution in [0.5, 0.6) is 5.75 Å². The predicted octanol–water partition coefficient (Wildman–Crippen LogP) is 5.48. The van der Waals surface area contributed by atoms with Crippen LogP contribution in [-0.4, -0.2) is 42.2 Å². The largest absolute Gasteiger partial charge is 0.490 e. The SMILES string of the molecule is Clc1ccc(OC2CCN(CCCNc3nc4ccccc4o3)CC2)cc1Cl. The molecule has 0 saturated carbocycles. The number of hydrogen-bond acceptors (Lipinski definition) is 5. The maximum atomic E-state index is 6.06. The molecule has 0 unspecified atom stereocenters. The second kappa shape index (κ2) is 9.03. The van der Waals surface area contributed by atoms with E-state index in [1.54, 1.807) is 12.1 Å². The van der Waals surface area contributed by atoms with Gasteiger partial charge in [-0.3, -0.25) is 0 Å². The zero-order chi connectivity index (χ0) is 19.3. The van der Waals surface area contributed by atoms with Crippen LogP contribution in [0.2, 0.25) is 10.0 Å². The van der Waals surface area contributed by atoms with E-state index in [-0.39, 0.29) is 6.10 Å². The lowest BCUT2D eigenvalue weighted by Gasteiger charge is -2.32. The minimum atomic E-state index is 0.228. The Morgan fingerprint density at radius 3 is 2.71 bits per heavy atom. The fourth-order valence-electron chi connectivity index (χ4n) is 3.44. The third-order valence-electron chi connectivity index (χ3n) is 4.95. The predicted molar refractivity (Wildman–Crippen MR) is 114 cm³/mol. The molecule has 0 aliphatic carbocycles. The van der Waals surface area contributed by atoms with E-state index in [2.05, 4.69) is 15.2 Å². The van der Waals surface area contributed by atoms with E-state index < -0.39 is 0 Å². The van der Waals surface area contributed by atoms with E-state index in [0.717, 1.165) is 62.3 Å². The van der Waals surface area contributed by atoms with Gasteiger partial charge in [-0.25, -0.2) is 0 Å². The van der Waals surface area contributed by atoms with E-state index in [9.17, 15) is 0 Å². The molecule has 3 aromatic rings. The molecule has 28 heavy (non-hydrogen) atoms. The first-order chi connectivity index (χ1) is 13.7. The Morgan fingerprint density at radius 2 is 1.93 bits per heavy atom. The average molecular weight is 420 g/mol. The molecule has 1 fully saturated rings. The number of halogens is 2. The van der Waals surface area contributed by atoms with Crippen molar-refractivity contribution in [2.45, 2.75) is 25.4 Å². The Labute approximate surface area is 174 Å². The maximum Gasteiger partial charge on any atom is 0.295 e. The van der Waals surface area contributed by atoms with Gasteiger partial charge in [0.15, 0.2) is 5.58 Å². The van der Waals surface area contributed by atoms with Crippen LogP contribution in [0.4, 0.5) is 6.01 Å². The van der Waals surface area contributed by atoms with Crippen molar-refractivity contribution in [3.05, 3.63) is 52.5 Å². The fraction of sp³-hybridized carbons (Fsp3) is 0.381. The van der Waals surface area contributed by atoms with Crippen molar-refractivity contribution in [3.63, 3.8) is 0 Å². The highest BCUT2D eigenvalue weighted by atomic mass is 35.5. The van der Waals surface area contributed by atoms with E-state index in [1.807, 2.05) is 30.3 Å². The van der Waals surface area contributed by atoms with E-state index >= 15 is 0 Å². The highest BCUT2D eigenvalue weighted by Gasteiger charge is 2.20. The van der Waals surface area contributed by atoms with Gasteiger partial charge in [-0.05, 0) is 50.1 Å². The number of likely N-dealkylation sites (tertiary alicyclic amines) is 1. The summed E-state index contributed by atoms with van der Waals surface area (Å²) in [5, 5.41) is 4.35. The Kier molecular flexibility index (Phi) is 6.25. The summed E-state index contributed by atoms with van der Waals surface area (Å²) in [7, 11) is 0. The average Bonchev–Trinajstić information content (AvgIpc) is 3.12. The molecule has 0 bridgehead atoms. The molecule has 0 spiro atoms. The molecule has 0 amide bonds. The number of piperidine rings is 1. The van der Waals surface area contributed by atoms with E-state index in [0.29, 0.717) is 16.1 Å². The molecule has 1 saturated heterocycles. The molecule has 148 valence electrons. The van der Waals surface area contributed by atoms with Crippen LogP contribution in [0.15, 0.2) is 46.9 Å². The molecule has 2 aromatic carbocycles. The zero-order valence-electron chi connectivity index (χ0n) is 15.5. The van der Waals surface area contributed by atoms with Gasteiger partial charge >= 0.3 is 0 Å². The van der Waals surface area contributed by atoms with Crippen LogP contribution >= 0.6 is 23.2 Å². The summed E-state index contributed by atoms with van der Waals surface area (Å²) in [4.78, 5) is 6.91. The van der Waals surface area contributed by atoms with Gasteiger partial charge in [0.05, 0.1) is 10.0 Å². The minimum absolute atomic E-state index is 0.228. The Morgan fingerprint density at radius 1 is 1.11 bits per heavy atom. The van der Waals surface area contributed by atoms with Gasteiger partial charge in [0, 0.05) is 25.7 Å². The van der Waals surface area contributed by atoms with Crippen molar-refractivity contribution in [2.75, 3.05) is 31.5 Å². The molecule has 7 heteroatoms. The molecule has 1 aliphatic rings. The van der Waals surface area contributed by atoms with Crippen LogP contribution < -0.4 is 10.1 Å². The Balaban J connectivity index is 1.16. The standard InChI is InChI=1S/C21H23Cl2N3O2/c22-17-7-6-16(14-18(17)23)27-15-8-12-26(13-9-15)11-3-10-24-21-25-19-4-1-2-5-20(19)28-21/h1-2,4-7,14-15H,3,8-13H2,(H,24,25).